The van der Waals surface area contributed by atoms with E-state index in [0.717, 1.165) is 11.1 Å². The molecule has 4 aromatic heterocycles. The molecule has 5 rings (SSSR count). The monoisotopic (exact) mass is 492 g/mol. The average molecular weight is 493 g/mol. The molecule has 2 N–H and O–H groups in total. The first-order valence-corrected chi connectivity index (χ1v) is 11.1. The van der Waals surface area contributed by atoms with Crippen molar-refractivity contribution < 1.29 is 0 Å². The maximum atomic E-state index is 13.3. The van der Waals surface area contributed by atoms with Crippen molar-refractivity contribution in [1.82, 2.24) is 24.3 Å². The molecule has 0 amide bonds. The van der Waals surface area contributed by atoms with E-state index in [0.29, 0.717) is 45.5 Å². The van der Waals surface area contributed by atoms with E-state index >= 15 is 0 Å². The number of aromatic amines is 1. The van der Waals surface area contributed by atoms with Crippen LogP contribution in [0.4, 0.5) is 5.82 Å². The van der Waals surface area contributed by atoms with Gasteiger partial charge in [0.05, 0.1) is 40.6 Å². The molecule has 0 aliphatic carbocycles. The van der Waals surface area contributed by atoms with Crippen molar-refractivity contribution in [2.24, 2.45) is 0 Å². The second-order valence-electron chi connectivity index (χ2n) is 7.62. The fraction of sp³-hybridized carbons (Fsp3) is 0.0833. The summed E-state index contributed by atoms with van der Waals surface area (Å²) in [6.07, 6.45) is 6.34. The van der Waals surface area contributed by atoms with Gasteiger partial charge in [-0.2, -0.15) is 5.10 Å². The first kappa shape index (κ1) is 21.9. The van der Waals surface area contributed by atoms with Gasteiger partial charge in [0.15, 0.2) is 0 Å². The van der Waals surface area contributed by atoms with Gasteiger partial charge in [0.1, 0.15) is 5.82 Å². The van der Waals surface area contributed by atoms with Gasteiger partial charge in [-0.1, -0.05) is 47.5 Å². The Morgan fingerprint density at radius 1 is 1.00 bits per heavy atom. The molecule has 4 heterocycles. The number of H-pyrrole nitrogens is 1. The van der Waals surface area contributed by atoms with Crippen molar-refractivity contribution >= 4 is 39.9 Å². The molecule has 8 nitrogen and oxygen atoms in total. The van der Waals surface area contributed by atoms with Gasteiger partial charge in [-0.25, -0.2) is 4.98 Å². The maximum absolute atomic E-state index is 13.3. The highest BCUT2D eigenvalue weighted by Crippen LogP contribution is 2.23. The summed E-state index contributed by atoms with van der Waals surface area (Å²) >= 11 is 12.7. The van der Waals surface area contributed by atoms with Crippen LogP contribution in [0.2, 0.25) is 10.0 Å². The van der Waals surface area contributed by atoms with E-state index in [9.17, 15) is 9.59 Å². The van der Waals surface area contributed by atoms with Gasteiger partial charge in [-0.05, 0) is 23.3 Å². The number of halogens is 2. The highest BCUT2D eigenvalue weighted by Gasteiger charge is 2.14. The fourth-order valence-corrected chi connectivity index (χ4v) is 4.03. The van der Waals surface area contributed by atoms with E-state index in [1.165, 1.54) is 16.8 Å². The minimum Gasteiger partial charge on any atom is -0.366 e. The van der Waals surface area contributed by atoms with Crippen LogP contribution in [-0.2, 0) is 13.1 Å². The van der Waals surface area contributed by atoms with Gasteiger partial charge >= 0.3 is 0 Å². The first-order valence-electron chi connectivity index (χ1n) is 10.4. The van der Waals surface area contributed by atoms with Crippen LogP contribution in [0.1, 0.15) is 11.1 Å². The third-order valence-electron chi connectivity index (χ3n) is 5.41. The Balaban J connectivity index is 1.45. The summed E-state index contributed by atoms with van der Waals surface area (Å²) in [5.74, 6) is 0.534. The lowest BCUT2D eigenvalue weighted by Gasteiger charge is -2.12. The number of rotatable bonds is 6. The number of anilines is 1. The third kappa shape index (κ3) is 4.33. The molecule has 34 heavy (non-hydrogen) atoms. The first-order chi connectivity index (χ1) is 16.5. The largest absolute Gasteiger partial charge is 0.366 e. The van der Waals surface area contributed by atoms with Gasteiger partial charge in [0.2, 0.25) is 5.56 Å². The van der Waals surface area contributed by atoms with E-state index in [4.69, 9.17) is 23.2 Å². The van der Waals surface area contributed by atoms with E-state index in [2.05, 4.69) is 20.4 Å². The topological polar surface area (TPSA) is 97.6 Å². The lowest BCUT2D eigenvalue weighted by molar-refractivity contribution is 0.712. The predicted molar refractivity (Wildman–Crippen MR) is 133 cm³/mol. The molecule has 0 radical (unpaired) electrons. The minimum absolute atomic E-state index is 0.166. The summed E-state index contributed by atoms with van der Waals surface area (Å²) in [6.45, 7) is 0.884. The summed E-state index contributed by atoms with van der Waals surface area (Å²) in [5.41, 5.74) is 2.56. The SMILES string of the molecule is O=c1ccc(CNc2cc(-n3ccc4c(cnn4Cc4ccccc4Cl)c3=O)c(Cl)cn2)c[nH]1. The van der Waals surface area contributed by atoms with Gasteiger partial charge in [0, 0.05) is 36.1 Å². The van der Waals surface area contributed by atoms with Crippen molar-refractivity contribution in [3.8, 4) is 5.69 Å². The van der Waals surface area contributed by atoms with Crippen molar-refractivity contribution in [3.05, 3.63) is 115 Å². The van der Waals surface area contributed by atoms with Gasteiger partial charge in [-0.15, -0.1) is 0 Å². The van der Waals surface area contributed by atoms with Gasteiger partial charge in [-0.3, -0.25) is 18.8 Å². The Bertz CT molecular complexity index is 1600. The lowest BCUT2D eigenvalue weighted by Crippen LogP contribution is -2.18. The molecule has 0 aliphatic heterocycles. The normalized spacial score (nSPS) is 11.1. The Morgan fingerprint density at radius 3 is 2.65 bits per heavy atom. The molecular weight excluding hydrogens is 475 g/mol. The summed E-state index contributed by atoms with van der Waals surface area (Å²) in [7, 11) is 0. The molecular formula is C24H18Cl2N6O2. The van der Waals surface area contributed by atoms with Crippen LogP contribution in [0, 0.1) is 0 Å². The number of hydrogen-bond donors (Lipinski definition) is 2. The highest BCUT2D eigenvalue weighted by molar-refractivity contribution is 6.32. The zero-order valence-corrected chi connectivity index (χ0v) is 19.2. The van der Waals surface area contributed by atoms with E-state index in [1.807, 2.05) is 30.3 Å². The number of nitrogens with one attached hydrogen (secondary N) is 2. The molecule has 0 unspecified atom stereocenters. The second-order valence-corrected chi connectivity index (χ2v) is 8.43. The number of fused-ring (bicyclic) bond motifs is 1. The number of pyridine rings is 3. The molecule has 5 aromatic rings. The van der Waals surface area contributed by atoms with E-state index in [-0.39, 0.29) is 11.1 Å². The Kier molecular flexibility index (Phi) is 5.91. The summed E-state index contributed by atoms with van der Waals surface area (Å²) in [5, 5.41) is 9.01. The van der Waals surface area contributed by atoms with Crippen LogP contribution < -0.4 is 16.4 Å². The van der Waals surface area contributed by atoms with Gasteiger partial charge < -0.3 is 10.3 Å². The molecule has 0 saturated heterocycles. The van der Waals surface area contributed by atoms with Crippen LogP contribution in [0.3, 0.4) is 0 Å². The molecule has 0 fully saturated rings. The Morgan fingerprint density at radius 2 is 1.85 bits per heavy atom. The van der Waals surface area contributed by atoms with Crippen LogP contribution in [0.25, 0.3) is 16.6 Å². The molecule has 0 atom stereocenters. The highest BCUT2D eigenvalue weighted by atomic mass is 35.5. The number of benzene rings is 1. The standard InChI is InChI=1S/C24H18Cl2N6O2/c25-18-4-2-1-3-16(18)14-32-20-7-8-31(24(34)17(20)12-30-32)21-9-22(28-13-19(21)26)27-10-15-5-6-23(33)29-11-15/h1-9,11-13H,10,14H2,(H,27,28)(H,29,33). The van der Waals surface area contributed by atoms with Crippen LogP contribution in [-0.4, -0.2) is 24.3 Å². The lowest BCUT2D eigenvalue weighted by atomic mass is 10.2. The number of hydrogen-bond acceptors (Lipinski definition) is 5. The Hall–Kier alpha value is -3.88. The maximum Gasteiger partial charge on any atom is 0.266 e. The van der Waals surface area contributed by atoms with Crippen molar-refractivity contribution in [2.75, 3.05) is 5.32 Å². The smallest absolute Gasteiger partial charge is 0.266 e. The van der Waals surface area contributed by atoms with Gasteiger partial charge in [0.25, 0.3) is 5.56 Å². The van der Waals surface area contributed by atoms with E-state index < -0.39 is 0 Å². The summed E-state index contributed by atoms with van der Waals surface area (Å²) < 4.78 is 3.21. The molecule has 1 aromatic carbocycles. The fourth-order valence-electron chi connectivity index (χ4n) is 3.64. The zero-order valence-electron chi connectivity index (χ0n) is 17.7. The number of aromatic nitrogens is 5. The molecule has 10 heteroatoms. The summed E-state index contributed by atoms with van der Waals surface area (Å²) in [6, 6.07) is 14.2. The number of nitrogens with zero attached hydrogens (tertiary/aromatic N) is 4. The van der Waals surface area contributed by atoms with Crippen LogP contribution in [0.15, 0.2) is 82.9 Å². The van der Waals surface area contributed by atoms with Crippen LogP contribution >= 0.6 is 23.2 Å². The quantitative estimate of drug-likeness (QED) is 0.369. The molecule has 0 aliphatic rings. The third-order valence-corrected chi connectivity index (χ3v) is 6.07. The second kappa shape index (κ2) is 9.17. The summed E-state index contributed by atoms with van der Waals surface area (Å²) in [4.78, 5) is 31.4. The van der Waals surface area contributed by atoms with Crippen molar-refractivity contribution in [1.29, 1.82) is 0 Å². The van der Waals surface area contributed by atoms with Crippen LogP contribution in [0.5, 0.6) is 0 Å². The van der Waals surface area contributed by atoms with Crippen molar-refractivity contribution in [2.45, 2.75) is 13.1 Å². The van der Waals surface area contributed by atoms with E-state index in [1.54, 1.807) is 35.4 Å². The Labute approximate surface area is 203 Å². The van der Waals surface area contributed by atoms with Crippen molar-refractivity contribution in [3.63, 3.8) is 0 Å². The predicted octanol–water partition coefficient (Wildman–Crippen LogP) is 4.24. The molecule has 0 saturated carbocycles. The molecule has 0 bridgehead atoms. The average Bonchev–Trinajstić information content (AvgIpc) is 3.25. The molecule has 0 spiro atoms. The minimum atomic E-state index is -0.248. The zero-order chi connectivity index (χ0) is 23.7. The molecule has 170 valence electrons.